The second kappa shape index (κ2) is 9.05. The number of hydrogen-bond donors (Lipinski definition) is 1. The van der Waals surface area contributed by atoms with E-state index in [1.54, 1.807) is 25.7 Å². The highest BCUT2D eigenvalue weighted by molar-refractivity contribution is 7.13. The van der Waals surface area contributed by atoms with E-state index in [2.05, 4.69) is 10.3 Å². The van der Waals surface area contributed by atoms with Gasteiger partial charge in [0.05, 0.1) is 20.8 Å². The molecule has 0 radical (unpaired) electrons. The molecule has 2 aromatic rings. The Bertz CT molecular complexity index is 842. The van der Waals surface area contributed by atoms with Gasteiger partial charge >= 0.3 is 0 Å². The molecule has 8 heteroatoms. The normalized spacial score (nSPS) is 11.1. The first-order chi connectivity index (χ1) is 13.2. The summed E-state index contributed by atoms with van der Waals surface area (Å²) in [5.74, 6) is 0.755. The van der Waals surface area contributed by atoms with Crippen LogP contribution in [0.25, 0.3) is 10.6 Å². The van der Waals surface area contributed by atoms with Gasteiger partial charge in [-0.3, -0.25) is 9.59 Å². The zero-order valence-electron chi connectivity index (χ0n) is 17.2. The smallest absolute Gasteiger partial charge is 0.273 e. The lowest BCUT2D eigenvalue weighted by Crippen LogP contribution is -2.47. The van der Waals surface area contributed by atoms with E-state index < -0.39 is 0 Å². The number of amides is 2. The second-order valence-corrected chi connectivity index (χ2v) is 8.08. The Balaban J connectivity index is 2.17. The SMILES string of the molecule is CCN(CC(=O)NC(C)(C)C)C(=O)c1csc(-c2ccc(OC)c(OC)c2)n1. The standard InChI is InChI=1S/C20H27N3O4S/c1-7-23(11-17(24)22-20(2,3)4)19(25)14-12-28-18(21-14)13-8-9-15(26-5)16(10-13)27-6/h8-10,12H,7,11H2,1-6H3,(H,22,24). The van der Waals surface area contributed by atoms with Crippen LogP contribution in [-0.4, -0.2) is 54.5 Å². The minimum atomic E-state index is -0.346. The molecule has 2 amide bonds. The van der Waals surface area contributed by atoms with E-state index in [4.69, 9.17) is 9.47 Å². The quantitative estimate of drug-likeness (QED) is 0.765. The predicted molar refractivity (Wildman–Crippen MR) is 110 cm³/mol. The van der Waals surface area contributed by atoms with Gasteiger partial charge in [-0.15, -0.1) is 11.3 Å². The van der Waals surface area contributed by atoms with Crippen molar-refractivity contribution in [2.75, 3.05) is 27.3 Å². The second-order valence-electron chi connectivity index (χ2n) is 7.23. The number of methoxy groups -OCH3 is 2. The van der Waals surface area contributed by atoms with E-state index in [1.807, 2.05) is 39.8 Å². The van der Waals surface area contributed by atoms with Crippen molar-refractivity contribution < 1.29 is 19.1 Å². The molecule has 1 N–H and O–H groups in total. The largest absolute Gasteiger partial charge is 0.493 e. The first kappa shape index (κ1) is 21.7. The lowest BCUT2D eigenvalue weighted by atomic mass is 10.1. The molecule has 0 atom stereocenters. The van der Waals surface area contributed by atoms with Crippen LogP contribution in [0.1, 0.15) is 38.2 Å². The van der Waals surface area contributed by atoms with Crippen LogP contribution in [0.3, 0.4) is 0 Å². The summed E-state index contributed by atoms with van der Waals surface area (Å²) in [5, 5.41) is 5.27. The van der Waals surface area contributed by atoms with Crippen molar-refractivity contribution in [2.45, 2.75) is 33.2 Å². The van der Waals surface area contributed by atoms with Crippen molar-refractivity contribution in [2.24, 2.45) is 0 Å². The van der Waals surface area contributed by atoms with Gasteiger partial charge in [0, 0.05) is 23.0 Å². The average molecular weight is 406 g/mol. The monoisotopic (exact) mass is 405 g/mol. The minimum absolute atomic E-state index is 0.00414. The van der Waals surface area contributed by atoms with Gasteiger partial charge in [0.15, 0.2) is 11.5 Å². The molecular formula is C20H27N3O4S. The van der Waals surface area contributed by atoms with Crippen LogP contribution in [0.4, 0.5) is 0 Å². The number of aromatic nitrogens is 1. The number of ether oxygens (including phenoxy) is 2. The van der Waals surface area contributed by atoms with Gasteiger partial charge in [0.2, 0.25) is 5.91 Å². The molecule has 28 heavy (non-hydrogen) atoms. The summed E-state index contributed by atoms with van der Waals surface area (Å²) >= 11 is 1.36. The topological polar surface area (TPSA) is 80.8 Å². The third-order valence-corrected chi connectivity index (χ3v) is 4.76. The maximum Gasteiger partial charge on any atom is 0.273 e. The summed E-state index contributed by atoms with van der Waals surface area (Å²) < 4.78 is 10.6. The predicted octanol–water partition coefficient (Wildman–Crippen LogP) is 3.20. The van der Waals surface area contributed by atoms with Crippen LogP contribution in [0.15, 0.2) is 23.6 Å². The van der Waals surface area contributed by atoms with Crippen molar-refractivity contribution in [1.29, 1.82) is 0 Å². The fraction of sp³-hybridized carbons (Fsp3) is 0.450. The molecule has 2 rings (SSSR count). The Labute approximate surface area is 169 Å². The summed E-state index contributed by atoms with van der Waals surface area (Å²) in [4.78, 5) is 30.9. The van der Waals surface area contributed by atoms with E-state index in [9.17, 15) is 9.59 Å². The molecule has 0 fully saturated rings. The number of carbonyl (C=O) groups excluding carboxylic acids is 2. The highest BCUT2D eigenvalue weighted by Crippen LogP contribution is 2.33. The van der Waals surface area contributed by atoms with E-state index in [-0.39, 0.29) is 23.9 Å². The van der Waals surface area contributed by atoms with Crippen LogP contribution >= 0.6 is 11.3 Å². The maximum absolute atomic E-state index is 12.8. The first-order valence-corrected chi connectivity index (χ1v) is 9.84. The number of carbonyl (C=O) groups is 2. The molecule has 0 saturated carbocycles. The van der Waals surface area contributed by atoms with Gasteiger partial charge in [-0.25, -0.2) is 4.98 Å². The van der Waals surface area contributed by atoms with Gasteiger partial charge in [-0.05, 0) is 45.9 Å². The number of hydrogen-bond acceptors (Lipinski definition) is 6. The van der Waals surface area contributed by atoms with Crippen molar-refractivity contribution in [3.05, 3.63) is 29.3 Å². The molecule has 0 saturated heterocycles. The molecule has 0 aliphatic carbocycles. The van der Waals surface area contributed by atoms with Crippen molar-refractivity contribution in [3.8, 4) is 22.1 Å². The molecule has 0 spiro atoms. The molecule has 152 valence electrons. The molecule has 1 aromatic heterocycles. The number of thiazole rings is 1. The van der Waals surface area contributed by atoms with Crippen LogP contribution in [0, 0.1) is 0 Å². The van der Waals surface area contributed by atoms with Crippen LogP contribution in [-0.2, 0) is 4.79 Å². The third kappa shape index (κ3) is 5.45. The first-order valence-electron chi connectivity index (χ1n) is 8.96. The van der Waals surface area contributed by atoms with Gasteiger partial charge in [-0.1, -0.05) is 0 Å². The van der Waals surface area contributed by atoms with Crippen molar-refractivity contribution in [1.82, 2.24) is 15.2 Å². The Hall–Kier alpha value is -2.61. The van der Waals surface area contributed by atoms with Crippen molar-refractivity contribution >= 4 is 23.2 Å². The summed E-state index contributed by atoms with van der Waals surface area (Å²) in [6.45, 7) is 7.95. The molecule has 1 aromatic carbocycles. The van der Waals surface area contributed by atoms with Gasteiger partial charge in [0.1, 0.15) is 10.7 Å². The molecule has 7 nitrogen and oxygen atoms in total. The van der Waals surface area contributed by atoms with Crippen LogP contribution in [0.2, 0.25) is 0 Å². The van der Waals surface area contributed by atoms with Crippen LogP contribution < -0.4 is 14.8 Å². The average Bonchev–Trinajstić information content (AvgIpc) is 3.13. The molecular weight excluding hydrogens is 378 g/mol. The summed E-state index contributed by atoms with van der Waals surface area (Å²) in [7, 11) is 3.15. The van der Waals surface area contributed by atoms with E-state index >= 15 is 0 Å². The van der Waals surface area contributed by atoms with Gasteiger partial charge in [0.25, 0.3) is 5.91 Å². The number of benzene rings is 1. The molecule has 1 heterocycles. The van der Waals surface area contributed by atoms with E-state index in [0.29, 0.717) is 28.7 Å². The van der Waals surface area contributed by atoms with E-state index in [1.165, 1.54) is 16.2 Å². The Morgan fingerprint density at radius 2 is 1.86 bits per heavy atom. The fourth-order valence-corrected chi connectivity index (χ4v) is 3.39. The molecule has 0 bridgehead atoms. The van der Waals surface area contributed by atoms with E-state index in [0.717, 1.165) is 5.56 Å². The van der Waals surface area contributed by atoms with Crippen molar-refractivity contribution in [3.63, 3.8) is 0 Å². The lowest BCUT2D eigenvalue weighted by Gasteiger charge is -2.24. The summed E-state index contributed by atoms with van der Waals surface area (Å²) in [6, 6.07) is 5.48. The Morgan fingerprint density at radius 1 is 1.18 bits per heavy atom. The van der Waals surface area contributed by atoms with Crippen LogP contribution in [0.5, 0.6) is 11.5 Å². The molecule has 0 aliphatic rings. The zero-order valence-corrected chi connectivity index (χ0v) is 18.0. The molecule has 0 unspecified atom stereocenters. The number of rotatable bonds is 7. The summed E-state index contributed by atoms with van der Waals surface area (Å²) in [5.41, 5.74) is 0.802. The Morgan fingerprint density at radius 3 is 2.43 bits per heavy atom. The fourth-order valence-electron chi connectivity index (χ4n) is 2.59. The van der Waals surface area contributed by atoms with Gasteiger partial charge < -0.3 is 19.7 Å². The number of nitrogens with zero attached hydrogens (tertiary/aromatic N) is 2. The Kier molecular flexibility index (Phi) is 7.01. The highest BCUT2D eigenvalue weighted by Gasteiger charge is 2.22. The molecule has 0 aliphatic heterocycles. The lowest BCUT2D eigenvalue weighted by molar-refractivity contribution is -0.123. The minimum Gasteiger partial charge on any atom is -0.493 e. The number of likely N-dealkylation sites (N-methyl/N-ethyl adjacent to an activating group) is 1. The number of nitrogens with one attached hydrogen (secondary N) is 1. The third-order valence-electron chi connectivity index (χ3n) is 3.87. The maximum atomic E-state index is 12.8. The van der Waals surface area contributed by atoms with Gasteiger partial charge in [-0.2, -0.15) is 0 Å². The zero-order chi connectivity index (χ0) is 20.9. The summed E-state index contributed by atoms with van der Waals surface area (Å²) in [6.07, 6.45) is 0. The highest BCUT2D eigenvalue weighted by atomic mass is 32.1.